The summed E-state index contributed by atoms with van der Waals surface area (Å²) >= 11 is 1.74. The van der Waals surface area contributed by atoms with E-state index in [9.17, 15) is 9.59 Å². The second kappa shape index (κ2) is 8.57. The van der Waals surface area contributed by atoms with Gasteiger partial charge in [0.2, 0.25) is 11.8 Å². The predicted octanol–water partition coefficient (Wildman–Crippen LogP) is 2.56. The topological polar surface area (TPSA) is 56.8 Å². The molecule has 2 aromatic rings. The van der Waals surface area contributed by atoms with Crippen molar-refractivity contribution in [2.45, 2.75) is 31.6 Å². The summed E-state index contributed by atoms with van der Waals surface area (Å²) < 4.78 is 1.21. The van der Waals surface area contributed by atoms with Crippen LogP contribution in [-0.2, 0) is 9.59 Å². The fourth-order valence-electron chi connectivity index (χ4n) is 4.15. The largest absolute Gasteiger partial charge is 0.342 e. The van der Waals surface area contributed by atoms with E-state index in [-0.39, 0.29) is 11.8 Å². The van der Waals surface area contributed by atoms with Crippen LogP contribution in [0.3, 0.4) is 0 Å². The summed E-state index contributed by atoms with van der Waals surface area (Å²) in [5.41, 5.74) is 1.05. The smallest absolute Gasteiger partial charge is 0.236 e. The molecule has 1 aromatic heterocycles. The van der Waals surface area contributed by atoms with E-state index in [1.165, 1.54) is 4.70 Å². The maximum atomic E-state index is 12.8. The number of aromatic nitrogens is 1. The lowest BCUT2D eigenvalue weighted by molar-refractivity contribution is -0.135. The Morgan fingerprint density at radius 1 is 1.07 bits per heavy atom. The van der Waals surface area contributed by atoms with E-state index < -0.39 is 0 Å². The highest BCUT2D eigenvalue weighted by atomic mass is 32.1. The van der Waals surface area contributed by atoms with Crippen LogP contribution in [0.25, 0.3) is 10.2 Å². The zero-order chi connectivity index (χ0) is 19.5. The monoisotopic (exact) mass is 400 g/mol. The third-order valence-electron chi connectivity index (χ3n) is 5.70. The number of piperidine rings is 1. The molecule has 4 rings (SSSR count). The Labute approximate surface area is 170 Å². The molecular formula is C21H28N4O2S. The average Bonchev–Trinajstić information content (AvgIpc) is 3.37. The van der Waals surface area contributed by atoms with Crippen molar-refractivity contribution in [3.05, 3.63) is 29.3 Å². The van der Waals surface area contributed by atoms with Crippen molar-refractivity contribution in [2.75, 3.05) is 46.3 Å². The number of thiazole rings is 1. The van der Waals surface area contributed by atoms with Gasteiger partial charge in [0, 0.05) is 32.1 Å². The third-order valence-corrected chi connectivity index (χ3v) is 6.90. The van der Waals surface area contributed by atoms with E-state index in [0.717, 1.165) is 62.4 Å². The molecule has 2 fully saturated rings. The van der Waals surface area contributed by atoms with Crippen molar-refractivity contribution < 1.29 is 9.59 Å². The van der Waals surface area contributed by atoms with Gasteiger partial charge in [-0.3, -0.25) is 14.5 Å². The van der Waals surface area contributed by atoms with Crippen LogP contribution >= 0.6 is 11.3 Å². The lowest BCUT2D eigenvalue weighted by atomic mass is 9.98. The predicted molar refractivity (Wildman–Crippen MR) is 111 cm³/mol. The van der Waals surface area contributed by atoms with E-state index in [2.05, 4.69) is 6.07 Å². The molecule has 0 spiro atoms. The third kappa shape index (κ3) is 4.36. The molecule has 28 heavy (non-hydrogen) atoms. The molecule has 2 amide bonds. The minimum atomic E-state index is 0.113. The normalized spacial score (nSPS) is 20.3. The minimum Gasteiger partial charge on any atom is -0.342 e. The summed E-state index contributed by atoms with van der Waals surface area (Å²) in [6, 6.07) is 8.21. The van der Waals surface area contributed by atoms with Crippen LogP contribution in [0.4, 0.5) is 0 Å². The fraction of sp³-hybridized carbons (Fsp3) is 0.571. The molecule has 7 heteroatoms. The number of carbonyl (C=O) groups excluding carboxylic acids is 2. The zero-order valence-corrected chi connectivity index (χ0v) is 17.3. The first-order valence-corrected chi connectivity index (χ1v) is 11.0. The van der Waals surface area contributed by atoms with E-state index in [4.69, 9.17) is 4.98 Å². The summed E-state index contributed by atoms with van der Waals surface area (Å²) in [4.78, 5) is 35.6. The molecule has 0 saturated carbocycles. The summed E-state index contributed by atoms with van der Waals surface area (Å²) in [5.74, 6) is 0.563. The maximum Gasteiger partial charge on any atom is 0.236 e. The first kappa shape index (κ1) is 19.3. The number of amides is 2. The fourth-order valence-corrected chi connectivity index (χ4v) is 5.25. The first-order chi connectivity index (χ1) is 13.6. The second-order valence-corrected chi connectivity index (χ2v) is 9.02. The molecule has 2 aliphatic rings. The molecule has 1 aromatic carbocycles. The Morgan fingerprint density at radius 3 is 2.50 bits per heavy atom. The van der Waals surface area contributed by atoms with Crippen molar-refractivity contribution >= 4 is 33.4 Å². The number of benzene rings is 1. The standard InChI is InChI=1S/C21H28N4O2S/c1-23(14-19(26)24-10-4-5-11-24)15-20(27)25-12-6-7-16(13-25)21-22-17-8-2-3-9-18(17)28-21/h2-3,8-9,16H,4-7,10-15H2,1H3. The van der Waals surface area contributed by atoms with Crippen LogP contribution in [0.5, 0.6) is 0 Å². The SMILES string of the molecule is CN(CC(=O)N1CCCC1)CC(=O)N1CCCC(c2nc3ccccc3s2)C1. The van der Waals surface area contributed by atoms with Gasteiger partial charge in [-0.05, 0) is 44.9 Å². The van der Waals surface area contributed by atoms with Crippen LogP contribution in [0, 0.1) is 0 Å². The Balaban J connectivity index is 1.33. The molecule has 1 atom stereocenters. The highest BCUT2D eigenvalue weighted by Gasteiger charge is 2.28. The second-order valence-electron chi connectivity index (χ2n) is 7.96. The van der Waals surface area contributed by atoms with Crippen LogP contribution in [-0.4, -0.2) is 77.8 Å². The number of nitrogens with zero attached hydrogens (tertiary/aromatic N) is 4. The van der Waals surface area contributed by atoms with Gasteiger partial charge < -0.3 is 9.80 Å². The molecular weight excluding hydrogens is 372 g/mol. The number of likely N-dealkylation sites (tertiary alicyclic amines) is 2. The quantitative estimate of drug-likeness (QED) is 0.774. The van der Waals surface area contributed by atoms with Gasteiger partial charge in [0.15, 0.2) is 0 Å². The Morgan fingerprint density at radius 2 is 1.75 bits per heavy atom. The van der Waals surface area contributed by atoms with Gasteiger partial charge in [-0.2, -0.15) is 0 Å². The van der Waals surface area contributed by atoms with Crippen LogP contribution in [0.15, 0.2) is 24.3 Å². The number of likely N-dealkylation sites (N-methyl/N-ethyl adjacent to an activating group) is 1. The zero-order valence-electron chi connectivity index (χ0n) is 16.5. The van der Waals surface area contributed by atoms with Crippen LogP contribution < -0.4 is 0 Å². The lowest BCUT2D eigenvalue weighted by Gasteiger charge is -2.33. The van der Waals surface area contributed by atoms with Crippen molar-refractivity contribution in [1.82, 2.24) is 19.7 Å². The number of rotatable bonds is 5. The molecule has 0 aliphatic carbocycles. The summed E-state index contributed by atoms with van der Waals surface area (Å²) in [6.07, 6.45) is 4.26. The van der Waals surface area contributed by atoms with Gasteiger partial charge in [-0.25, -0.2) is 4.98 Å². The average molecular weight is 401 g/mol. The van der Waals surface area contributed by atoms with Gasteiger partial charge >= 0.3 is 0 Å². The molecule has 2 saturated heterocycles. The number of para-hydroxylation sites is 1. The van der Waals surface area contributed by atoms with Gasteiger partial charge in [-0.1, -0.05) is 12.1 Å². The van der Waals surface area contributed by atoms with Gasteiger partial charge in [0.05, 0.1) is 28.3 Å². The van der Waals surface area contributed by atoms with E-state index in [0.29, 0.717) is 19.0 Å². The maximum absolute atomic E-state index is 12.8. The minimum absolute atomic E-state index is 0.113. The highest BCUT2D eigenvalue weighted by Crippen LogP contribution is 2.32. The summed E-state index contributed by atoms with van der Waals surface area (Å²) in [5, 5.41) is 1.14. The van der Waals surface area contributed by atoms with Crippen molar-refractivity contribution in [3.8, 4) is 0 Å². The van der Waals surface area contributed by atoms with E-state index in [1.54, 1.807) is 11.3 Å². The molecule has 3 heterocycles. The van der Waals surface area contributed by atoms with Crippen molar-refractivity contribution in [3.63, 3.8) is 0 Å². The molecule has 0 radical (unpaired) electrons. The molecule has 2 aliphatic heterocycles. The molecule has 0 bridgehead atoms. The van der Waals surface area contributed by atoms with Crippen molar-refractivity contribution in [2.24, 2.45) is 0 Å². The Kier molecular flexibility index (Phi) is 5.92. The Bertz CT molecular complexity index is 813. The first-order valence-electron chi connectivity index (χ1n) is 10.2. The number of hydrogen-bond donors (Lipinski definition) is 0. The van der Waals surface area contributed by atoms with Crippen LogP contribution in [0.2, 0.25) is 0 Å². The summed E-state index contributed by atoms with van der Waals surface area (Å²) in [6.45, 7) is 3.86. The molecule has 0 N–H and O–H groups in total. The Hall–Kier alpha value is -1.99. The summed E-state index contributed by atoms with van der Waals surface area (Å²) in [7, 11) is 1.86. The number of carbonyl (C=O) groups is 2. The lowest BCUT2D eigenvalue weighted by Crippen LogP contribution is -2.46. The van der Waals surface area contributed by atoms with Gasteiger partial charge in [0.1, 0.15) is 0 Å². The van der Waals surface area contributed by atoms with Gasteiger partial charge in [-0.15, -0.1) is 11.3 Å². The van der Waals surface area contributed by atoms with E-state index >= 15 is 0 Å². The van der Waals surface area contributed by atoms with E-state index in [1.807, 2.05) is 39.9 Å². The van der Waals surface area contributed by atoms with Crippen molar-refractivity contribution in [1.29, 1.82) is 0 Å². The van der Waals surface area contributed by atoms with Crippen LogP contribution in [0.1, 0.15) is 36.6 Å². The number of hydrogen-bond acceptors (Lipinski definition) is 5. The number of fused-ring (bicyclic) bond motifs is 1. The molecule has 1 unspecified atom stereocenters. The highest BCUT2D eigenvalue weighted by molar-refractivity contribution is 7.18. The van der Waals surface area contributed by atoms with Gasteiger partial charge in [0.25, 0.3) is 0 Å². The molecule has 6 nitrogen and oxygen atoms in total. The molecule has 150 valence electrons.